The number of benzene rings is 1. The lowest BCUT2D eigenvalue weighted by Gasteiger charge is -2.32. The Morgan fingerprint density at radius 2 is 2.22 bits per heavy atom. The van der Waals surface area contributed by atoms with Gasteiger partial charge in [-0.3, -0.25) is 0 Å². The predicted octanol–water partition coefficient (Wildman–Crippen LogP) is 2.90. The molecule has 0 N–H and O–H groups in total. The lowest BCUT2D eigenvalue weighted by atomic mass is 10.1. The van der Waals surface area contributed by atoms with Crippen molar-refractivity contribution in [3.8, 4) is 0 Å². The van der Waals surface area contributed by atoms with Crippen molar-refractivity contribution in [3.63, 3.8) is 0 Å². The number of nitrogens with zero attached hydrogens (tertiary/aromatic N) is 1. The Bertz CT molecular complexity index is 547. The summed E-state index contributed by atoms with van der Waals surface area (Å²) in [7, 11) is -3.24. The minimum absolute atomic E-state index is 0.0632. The molecule has 2 rings (SSSR count). The van der Waals surface area contributed by atoms with Crippen molar-refractivity contribution in [2.75, 3.05) is 5.75 Å². The molecule has 1 heterocycles. The lowest BCUT2D eigenvalue weighted by molar-refractivity contribution is 0.293. The average Bonchev–Trinajstić information content (AvgIpc) is 2.25. The van der Waals surface area contributed by atoms with Gasteiger partial charge in [0.2, 0.25) is 10.0 Å². The summed E-state index contributed by atoms with van der Waals surface area (Å²) in [5.74, 6) is -0.215. The predicted molar refractivity (Wildman–Crippen MR) is 72.1 cm³/mol. The quantitative estimate of drug-likeness (QED) is 0.833. The van der Waals surface area contributed by atoms with Crippen molar-refractivity contribution in [3.05, 3.63) is 34.1 Å². The van der Waals surface area contributed by atoms with Crippen LogP contribution in [0.3, 0.4) is 0 Å². The molecule has 0 aromatic heterocycles. The summed E-state index contributed by atoms with van der Waals surface area (Å²) in [6.07, 6.45) is 1.51. The maximum atomic E-state index is 13.7. The number of sulfonamides is 1. The normalized spacial score (nSPS) is 24.1. The Morgan fingerprint density at radius 3 is 2.83 bits per heavy atom. The van der Waals surface area contributed by atoms with Crippen molar-refractivity contribution in [2.45, 2.75) is 32.4 Å². The van der Waals surface area contributed by atoms with Crippen molar-refractivity contribution >= 4 is 26.0 Å². The highest BCUT2D eigenvalue weighted by Crippen LogP contribution is 2.24. The Labute approximate surface area is 115 Å². The van der Waals surface area contributed by atoms with Gasteiger partial charge in [0.1, 0.15) is 5.82 Å². The smallest absolute Gasteiger partial charge is 0.212 e. The third-order valence-electron chi connectivity index (χ3n) is 3.21. The maximum Gasteiger partial charge on any atom is 0.214 e. The summed E-state index contributed by atoms with van der Waals surface area (Å²) in [6.45, 7) is 1.98. The standard InChI is InChI=1S/C12H15BrFNO2S/c1-9-3-2-6-18(16,17)15(9)8-10-4-5-11(13)7-12(10)14/h4-5,7,9H,2-3,6,8H2,1H3/t9-/m0/s1. The second kappa shape index (κ2) is 5.27. The molecular formula is C12H15BrFNO2S. The van der Waals surface area contributed by atoms with Gasteiger partial charge < -0.3 is 0 Å². The monoisotopic (exact) mass is 335 g/mol. The van der Waals surface area contributed by atoms with Crippen molar-refractivity contribution in [1.29, 1.82) is 0 Å². The minimum Gasteiger partial charge on any atom is -0.212 e. The van der Waals surface area contributed by atoms with E-state index in [9.17, 15) is 12.8 Å². The Morgan fingerprint density at radius 1 is 1.50 bits per heavy atom. The van der Waals surface area contributed by atoms with Gasteiger partial charge in [-0.25, -0.2) is 12.8 Å². The van der Waals surface area contributed by atoms with Crippen LogP contribution < -0.4 is 0 Å². The summed E-state index contributed by atoms with van der Waals surface area (Å²) >= 11 is 3.18. The SMILES string of the molecule is C[C@H]1CCCS(=O)(=O)N1Cc1ccc(Br)cc1F. The lowest BCUT2D eigenvalue weighted by Crippen LogP contribution is -2.43. The van der Waals surface area contributed by atoms with Gasteiger partial charge in [0.25, 0.3) is 0 Å². The third kappa shape index (κ3) is 2.92. The van der Waals surface area contributed by atoms with Gasteiger partial charge in [0.15, 0.2) is 0 Å². The largest absolute Gasteiger partial charge is 0.214 e. The molecule has 6 heteroatoms. The molecule has 0 amide bonds. The van der Waals surface area contributed by atoms with Crippen molar-refractivity contribution in [1.82, 2.24) is 4.31 Å². The zero-order valence-electron chi connectivity index (χ0n) is 10.1. The van der Waals surface area contributed by atoms with Crippen LogP contribution in [0.5, 0.6) is 0 Å². The highest BCUT2D eigenvalue weighted by atomic mass is 79.9. The van der Waals surface area contributed by atoms with Crippen molar-refractivity contribution < 1.29 is 12.8 Å². The van der Waals surface area contributed by atoms with Crippen LogP contribution in [0.25, 0.3) is 0 Å². The highest BCUT2D eigenvalue weighted by Gasteiger charge is 2.31. The van der Waals surface area contributed by atoms with E-state index in [1.807, 2.05) is 6.92 Å². The molecule has 0 bridgehead atoms. The average molecular weight is 336 g/mol. The first-order valence-corrected chi connectivity index (χ1v) is 8.24. The molecule has 1 atom stereocenters. The molecule has 18 heavy (non-hydrogen) atoms. The van der Waals surface area contributed by atoms with E-state index in [-0.39, 0.29) is 24.2 Å². The molecule has 0 aliphatic carbocycles. The molecule has 1 fully saturated rings. The first kappa shape index (κ1) is 14.0. The Balaban J connectivity index is 2.26. The molecular weight excluding hydrogens is 321 g/mol. The van der Waals surface area contributed by atoms with Gasteiger partial charge in [-0.15, -0.1) is 0 Å². The molecule has 0 unspecified atom stereocenters. The van der Waals surface area contributed by atoms with Crippen LogP contribution in [0.2, 0.25) is 0 Å². The van der Waals surface area contributed by atoms with E-state index in [0.717, 1.165) is 6.42 Å². The summed E-state index contributed by atoms with van der Waals surface area (Å²) in [6, 6.07) is 4.64. The van der Waals surface area contributed by atoms with Crippen molar-refractivity contribution in [2.24, 2.45) is 0 Å². The zero-order chi connectivity index (χ0) is 13.3. The number of hydrogen-bond donors (Lipinski definition) is 0. The minimum atomic E-state index is -3.24. The molecule has 1 aromatic rings. The number of hydrogen-bond acceptors (Lipinski definition) is 2. The van der Waals surface area contributed by atoms with Gasteiger partial charge in [0, 0.05) is 22.6 Å². The Kier molecular flexibility index (Phi) is 4.08. The Hall–Kier alpha value is -0.460. The number of halogens is 2. The van der Waals surface area contributed by atoms with Gasteiger partial charge in [-0.05, 0) is 31.9 Å². The first-order chi connectivity index (χ1) is 8.40. The van der Waals surface area contributed by atoms with Crippen LogP contribution in [0.4, 0.5) is 4.39 Å². The van der Waals surface area contributed by atoms with Gasteiger partial charge in [-0.2, -0.15) is 4.31 Å². The fraction of sp³-hybridized carbons (Fsp3) is 0.500. The summed E-state index contributed by atoms with van der Waals surface area (Å²) in [5.41, 5.74) is 0.413. The molecule has 1 saturated heterocycles. The fourth-order valence-electron chi connectivity index (χ4n) is 2.17. The summed E-state index contributed by atoms with van der Waals surface area (Å²) in [4.78, 5) is 0. The second-order valence-corrected chi connectivity index (χ2v) is 7.54. The molecule has 100 valence electrons. The fourth-order valence-corrected chi connectivity index (χ4v) is 4.26. The van der Waals surface area contributed by atoms with E-state index in [4.69, 9.17) is 0 Å². The van der Waals surface area contributed by atoms with Crippen LogP contribution >= 0.6 is 15.9 Å². The van der Waals surface area contributed by atoms with Crippen LogP contribution in [-0.4, -0.2) is 24.5 Å². The van der Waals surface area contributed by atoms with E-state index in [0.29, 0.717) is 16.5 Å². The van der Waals surface area contributed by atoms with E-state index in [1.165, 1.54) is 10.4 Å². The molecule has 1 aliphatic heterocycles. The van der Waals surface area contributed by atoms with E-state index >= 15 is 0 Å². The molecule has 0 saturated carbocycles. The van der Waals surface area contributed by atoms with E-state index < -0.39 is 10.0 Å². The van der Waals surface area contributed by atoms with Crippen LogP contribution in [0.15, 0.2) is 22.7 Å². The van der Waals surface area contributed by atoms with Gasteiger partial charge in [-0.1, -0.05) is 22.0 Å². The topological polar surface area (TPSA) is 37.4 Å². The zero-order valence-corrected chi connectivity index (χ0v) is 12.5. The van der Waals surface area contributed by atoms with E-state index in [1.54, 1.807) is 12.1 Å². The molecule has 1 aliphatic rings. The molecule has 0 radical (unpaired) electrons. The van der Waals surface area contributed by atoms with Gasteiger partial charge >= 0.3 is 0 Å². The van der Waals surface area contributed by atoms with E-state index in [2.05, 4.69) is 15.9 Å². The van der Waals surface area contributed by atoms with Gasteiger partial charge in [0.05, 0.1) is 5.75 Å². The third-order valence-corrected chi connectivity index (χ3v) is 5.72. The maximum absolute atomic E-state index is 13.7. The number of rotatable bonds is 2. The first-order valence-electron chi connectivity index (χ1n) is 5.83. The van der Waals surface area contributed by atoms with Crippen LogP contribution in [0, 0.1) is 5.82 Å². The summed E-state index contributed by atoms with van der Waals surface area (Å²) in [5, 5.41) is 0. The van der Waals surface area contributed by atoms with Crippen LogP contribution in [0.1, 0.15) is 25.3 Å². The summed E-state index contributed by atoms with van der Waals surface area (Å²) < 4.78 is 39.7. The molecule has 3 nitrogen and oxygen atoms in total. The molecule has 1 aromatic carbocycles. The second-order valence-electron chi connectivity index (χ2n) is 4.59. The van der Waals surface area contributed by atoms with Crippen LogP contribution in [-0.2, 0) is 16.6 Å². The molecule has 0 spiro atoms. The highest BCUT2D eigenvalue weighted by molar-refractivity contribution is 9.10.